The molecule has 0 radical (unpaired) electrons. The van der Waals surface area contributed by atoms with Crippen LogP contribution in [-0.2, 0) is 13.1 Å². The van der Waals surface area contributed by atoms with E-state index in [1.54, 1.807) is 62.4 Å². The van der Waals surface area contributed by atoms with Crippen LogP contribution in [0.3, 0.4) is 0 Å². The number of primary amides is 2. The van der Waals surface area contributed by atoms with Gasteiger partial charge in [0.1, 0.15) is 45.8 Å². The molecule has 8 rings (SSSR count). The highest BCUT2D eigenvalue weighted by molar-refractivity contribution is 6.04. The molecule has 12 N–H and O–H groups in total. The van der Waals surface area contributed by atoms with Crippen LogP contribution in [0.1, 0.15) is 95.0 Å². The molecule has 0 bridgehead atoms. The maximum Gasteiger partial charge on any atom is 0.304 e. The van der Waals surface area contributed by atoms with Crippen molar-refractivity contribution in [1.82, 2.24) is 40.8 Å². The van der Waals surface area contributed by atoms with Crippen LogP contribution in [0.15, 0.2) is 84.9 Å². The number of nitrogens with one attached hydrogen (secondary N) is 4. The van der Waals surface area contributed by atoms with Gasteiger partial charge in [0.05, 0.1) is 18.6 Å². The number of halogens is 6. The molecule has 2 saturated heterocycles. The smallest absolute Gasteiger partial charge is 0.304 e. The number of benzene rings is 4. The van der Waals surface area contributed by atoms with Crippen LogP contribution < -0.4 is 44.2 Å². The predicted molar refractivity (Wildman–Crippen MR) is 248 cm³/mol. The Bertz CT molecular complexity index is 2740. The highest BCUT2D eigenvalue weighted by atomic mass is 19.3. The predicted octanol–water partition coefficient (Wildman–Crippen LogP) is 5.90. The Kier molecular flexibility index (Phi) is 14.7. The van der Waals surface area contributed by atoms with Gasteiger partial charge in [-0.15, -0.1) is 0 Å². The standard InChI is InChI=1S/2C24H25F3N6O2/c1-13-2-7-16(25)8-18(13)23(35)31-10-14-3-5-15(6-4-14)20-19(22(29)34)21(28)33(32-20)17-9-24(26,27)12-30-11-17;1-13-2-7-16(25)10-18(13)23(35)30-12-14-3-5-15(6-4-14)20-19(22(29)34)21(28)33(32-20)17-8-9-31-24(26,27)11-17/h2-8,17,30H,9-12,28H2,1H3,(H2,29,34)(H,31,35);2-7,10,17,31H,8-9,11-12,28H2,1H3,(H2,29,34)(H,30,35). The van der Waals surface area contributed by atoms with Crippen LogP contribution in [0.25, 0.3) is 22.5 Å². The van der Waals surface area contributed by atoms with Crippen LogP contribution in [0.4, 0.5) is 38.0 Å². The highest BCUT2D eigenvalue weighted by Crippen LogP contribution is 2.37. The molecule has 0 aliphatic carbocycles. The minimum Gasteiger partial charge on any atom is -0.383 e. The van der Waals surface area contributed by atoms with E-state index in [9.17, 15) is 45.5 Å². The Morgan fingerprint density at radius 1 is 0.671 bits per heavy atom. The van der Waals surface area contributed by atoms with Crippen LogP contribution >= 0.6 is 0 Å². The van der Waals surface area contributed by atoms with E-state index in [0.717, 1.165) is 11.1 Å². The minimum atomic E-state index is -3.06. The van der Waals surface area contributed by atoms with Gasteiger partial charge in [-0.25, -0.2) is 26.9 Å². The molecular formula is C48H50F6N12O4. The Morgan fingerprint density at radius 2 is 1.11 bits per heavy atom. The van der Waals surface area contributed by atoms with Crippen molar-refractivity contribution in [2.24, 2.45) is 11.5 Å². The molecule has 6 aromatic rings. The number of rotatable bonds is 12. The Hall–Kier alpha value is -7.72. The summed E-state index contributed by atoms with van der Waals surface area (Å²) in [6.45, 7) is 3.66. The molecule has 2 aromatic heterocycles. The molecule has 2 aliphatic heterocycles. The van der Waals surface area contributed by atoms with Gasteiger partial charge in [0.15, 0.2) is 0 Å². The van der Waals surface area contributed by atoms with Crippen molar-refractivity contribution in [3.05, 3.63) is 141 Å². The molecule has 4 heterocycles. The number of aromatic nitrogens is 4. The van der Waals surface area contributed by atoms with Crippen molar-refractivity contribution < 1.29 is 45.5 Å². The summed E-state index contributed by atoms with van der Waals surface area (Å²) in [5, 5.41) is 19.0. The van der Waals surface area contributed by atoms with E-state index in [1.165, 1.54) is 45.8 Å². The van der Waals surface area contributed by atoms with Gasteiger partial charge in [-0.1, -0.05) is 60.7 Å². The van der Waals surface area contributed by atoms with Crippen LogP contribution in [-0.4, -0.2) is 74.8 Å². The number of nitrogens with two attached hydrogens (primary N) is 4. The number of piperidine rings is 2. The summed E-state index contributed by atoms with van der Waals surface area (Å²) in [7, 11) is 0. The summed E-state index contributed by atoms with van der Waals surface area (Å²) in [6.07, 6.45) is -0.616. The fourth-order valence-corrected chi connectivity index (χ4v) is 8.32. The largest absolute Gasteiger partial charge is 0.383 e. The molecular weight excluding hydrogens is 923 g/mol. The van der Waals surface area contributed by atoms with Crippen molar-refractivity contribution in [2.75, 3.05) is 31.1 Å². The van der Waals surface area contributed by atoms with E-state index in [1.807, 2.05) is 0 Å². The van der Waals surface area contributed by atoms with Crippen LogP contribution in [0.5, 0.6) is 0 Å². The van der Waals surface area contributed by atoms with E-state index in [0.29, 0.717) is 28.7 Å². The fourth-order valence-electron chi connectivity index (χ4n) is 8.32. The summed E-state index contributed by atoms with van der Waals surface area (Å²) >= 11 is 0. The first kappa shape index (κ1) is 50.2. The lowest BCUT2D eigenvalue weighted by Crippen LogP contribution is -2.45. The molecule has 2 unspecified atom stereocenters. The number of anilines is 2. The zero-order valence-electron chi connectivity index (χ0n) is 37.9. The third-order valence-electron chi connectivity index (χ3n) is 12.0. The molecule has 0 saturated carbocycles. The number of aryl methyl sites for hydroxylation is 2. The van der Waals surface area contributed by atoms with Crippen LogP contribution in [0.2, 0.25) is 0 Å². The Balaban J connectivity index is 0.000000206. The first-order valence-electron chi connectivity index (χ1n) is 22.0. The minimum absolute atomic E-state index is 0.0329. The summed E-state index contributed by atoms with van der Waals surface area (Å²) in [6, 6.07) is 17.0. The molecule has 16 nitrogen and oxygen atoms in total. The second-order valence-electron chi connectivity index (χ2n) is 17.1. The molecule has 2 aliphatic rings. The normalized spacial score (nSPS) is 17.2. The number of carbonyl (C=O) groups excluding carboxylic acids is 4. The molecule has 368 valence electrons. The maximum absolute atomic E-state index is 13.9. The average Bonchev–Trinajstić information content (AvgIpc) is 3.85. The highest BCUT2D eigenvalue weighted by Gasteiger charge is 2.40. The number of amides is 4. The second-order valence-corrected chi connectivity index (χ2v) is 17.1. The monoisotopic (exact) mass is 972 g/mol. The molecule has 4 aromatic carbocycles. The average molecular weight is 973 g/mol. The topological polar surface area (TPSA) is 256 Å². The summed E-state index contributed by atoms with van der Waals surface area (Å²) in [5.41, 5.74) is 27.9. The third-order valence-corrected chi connectivity index (χ3v) is 12.0. The van der Waals surface area contributed by atoms with E-state index < -0.39 is 78.7 Å². The first-order valence-corrected chi connectivity index (χ1v) is 22.0. The molecule has 70 heavy (non-hydrogen) atoms. The summed E-state index contributed by atoms with van der Waals surface area (Å²) in [4.78, 5) is 49.1. The quantitative estimate of drug-likeness (QED) is 0.0532. The number of hydrogen-bond donors (Lipinski definition) is 8. The number of hydrogen-bond acceptors (Lipinski definition) is 10. The number of nitrogens with zero attached hydrogens (tertiary/aromatic N) is 4. The zero-order valence-corrected chi connectivity index (χ0v) is 37.9. The van der Waals surface area contributed by atoms with Crippen LogP contribution in [0, 0.1) is 25.5 Å². The van der Waals surface area contributed by atoms with Crippen molar-refractivity contribution in [3.63, 3.8) is 0 Å². The molecule has 2 atom stereocenters. The molecule has 22 heteroatoms. The van der Waals surface area contributed by atoms with Gasteiger partial charge < -0.3 is 38.9 Å². The summed E-state index contributed by atoms with van der Waals surface area (Å²) in [5.74, 6) is -6.50. The van der Waals surface area contributed by atoms with Crippen molar-refractivity contribution >= 4 is 35.3 Å². The summed E-state index contributed by atoms with van der Waals surface area (Å²) < 4.78 is 84.9. The van der Waals surface area contributed by atoms with Gasteiger partial charge in [0.25, 0.3) is 29.6 Å². The lowest BCUT2D eigenvalue weighted by molar-refractivity contribution is -0.0726. The van der Waals surface area contributed by atoms with Crippen molar-refractivity contribution in [2.45, 2.75) is 70.3 Å². The zero-order chi connectivity index (χ0) is 50.7. The van der Waals surface area contributed by atoms with Crippen molar-refractivity contribution in [1.29, 1.82) is 0 Å². The van der Waals surface area contributed by atoms with E-state index >= 15 is 0 Å². The lowest BCUT2D eigenvalue weighted by Gasteiger charge is -2.30. The van der Waals surface area contributed by atoms with Gasteiger partial charge in [0, 0.05) is 61.3 Å². The Labute approximate surface area is 397 Å². The maximum atomic E-state index is 13.9. The van der Waals surface area contributed by atoms with Crippen molar-refractivity contribution in [3.8, 4) is 22.5 Å². The fraction of sp³-hybridized carbons (Fsp3) is 0.292. The molecule has 4 amide bonds. The third kappa shape index (κ3) is 11.4. The van der Waals surface area contributed by atoms with E-state index in [4.69, 9.17) is 22.9 Å². The van der Waals surface area contributed by atoms with Gasteiger partial charge in [-0.05, 0) is 66.8 Å². The molecule has 0 spiro atoms. The van der Waals surface area contributed by atoms with Gasteiger partial charge in [-0.3, -0.25) is 24.5 Å². The van der Waals surface area contributed by atoms with Gasteiger partial charge >= 0.3 is 6.05 Å². The Morgan fingerprint density at radius 3 is 1.53 bits per heavy atom. The van der Waals surface area contributed by atoms with Gasteiger partial charge in [-0.2, -0.15) is 19.0 Å². The number of carbonyl (C=O) groups is 4. The lowest BCUT2D eigenvalue weighted by atomic mass is 10.0. The number of alkyl halides is 4. The molecule has 2 fully saturated rings. The second kappa shape index (κ2) is 20.5. The number of nitrogen functional groups attached to an aromatic ring is 2. The van der Waals surface area contributed by atoms with E-state index in [2.05, 4.69) is 31.5 Å². The van der Waals surface area contributed by atoms with Gasteiger partial charge in [0.2, 0.25) is 0 Å². The first-order chi connectivity index (χ1) is 33.1. The SMILES string of the molecule is Cc1ccc(F)cc1C(=O)NCc1ccc(-c2nn(C3CCNC(F)(F)C3)c(N)c2C(N)=O)cc1.Cc1ccc(F)cc1C(=O)NCc1ccc(-c2nn(C3CNCC(F)(F)C3)c(N)c2C(N)=O)cc1. The van der Waals surface area contributed by atoms with E-state index in [-0.39, 0.29) is 71.5 Å².